The van der Waals surface area contributed by atoms with Crippen molar-refractivity contribution in [2.75, 3.05) is 62.0 Å². The summed E-state index contributed by atoms with van der Waals surface area (Å²) >= 11 is 0. The van der Waals surface area contributed by atoms with Crippen molar-refractivity contribution in [2.24, 2.45) is 5.73 Å². The highest BCUT2D eigenvalue weighted by Gasteiger charge is 2.15. The highest BCUT2D eigenvalue weighted by atomic mass is 16.5. The Morgan fingerprint density at radius 3 is 1.67 bits per heavy atom. The van der Waals surface area contributed by atoms with Crippen LogP contribution in [0.4, 0.5) is 17.8 Å². The molecule has 0 fully saturated rings. The fourth-order valence-corrected chi connectivity index (χ4v) is 5.55. The lowest BCUT2D eigenvalue weighted by Crippen LogP contribution is -2.18. The zero-order valence-corrected chi connectivity index (χ0v) is 27.6. The van der Waals surface area contributed by atoms with E-state index in [0.717, 1.165) is 19.3 Å². The Morgan fingerprint density at radius 1 is 0.521 bits per heavy atom. The third-order valence-electron chi connectivity index (χ3n) is 8.00. The first-order chi connectivity index (χ1) is 23.8. The van der Waals surface area contributed by atoms with E-state index in [1.54, 1.807) is 0 Å². The lowest BCUT2D eigenvalue weighted by Gasteiger charge is -2.19. The number of aryl methyl sites for hydroxylation is 2. The van der Waals surface area contributed by atoms with E-state index in [4.69, 9.17) is 25.2 Å². The maximum Gasteiger partial charge on any atom is 0.229 e. The molecule has 0 saturated carbocycles. The van der Waals surface area contributed by atoms with E-state index in [1.807, 2.05) is 0 Å². The van der Waals surface area contributed by atoms with Gasteiger partial charge in [0.2, 0.25) is 17.8 Å². The molecule has 0 radical (unpaired) electrons. The van der Waals surface area contributed by atoms with Gasteiger partial charge in [-0.05, 0) is 47.1 Å². The average Bonchev–Trinajstić information content (AvgIpc) is 3.14. The molecule has 4 aromatic carbocycles. The topological polar surface area (TPSA) is 119 Å². The molecule has 9 nitrogen and oxygen atoms in total. The minimum atomic E-state index is 0.246. The van der Waals surface area contributed by atoms with Crippen molar-refractivity contribution in [3.8, 4) is 0 Å². The van der Waals surface area contributed by atoms with E-state index < -0.39 is 0 Å². The molecule has 5 aromatic rings. The van der Waals surface area contributed by atoms with Crippen LogP contribution in [0.2, 0.25) is 0 Å². The number of anilines is 3. The van der Waals surface area contributed by atoms with Crippen molar-refractivity contribution < 1.29 is 9.47 Å². The van der Waals surface area contributed by atoms with Crippen molar-refractivity contribution in [3.05, 3.63) is 143 Å². The normalized spacial score (nSPS) is 11.0. The van der Waals surface area contributed by atoms with Gasteiger partial charge >= 0.3 is 0 Å². The summed E-state index contributed by atoms with van der Waals surface area (Å²) in [7, 11) is 0. The lowest BCUT2D eigenvalue weighted by molar-refractivity contribution is 0.0547. The van der Waals surface area contributed by atoms with E-state index in [9.17, 15) is 0 Å². The number of ether oxygens (including phenoxy) is 2. The fraction of sp³-hybridized carbons (Fsp3) is 0.308. The van der Waals surface area contributed by atoms with Crippen LogP contribution < -0.4 is 21.7 Å². The van der Waals surface area contributed by atoms with Gasteiger partial charge in [0.25, 0.3) is 0 Å². The molecule has 1 heterocycles. The van der Waals surface area contributed by atoms with Crippen molar-refractivity contribution in [1.29, 1.82) is 0 Å². The third kappa shape index (κ3) is 11.5. The predicted molar refractivity (Wildman–Crippen MR) is 194 cm³/mol. The largest absolute Gasteiger partial charge is 0.378 e. The van der Waals surface area contributed by atoms with Crippen LogP contribution >= 0.6 is 0 Å². The Hall–Kier alpha value is -4.83. The number of hydrogen-bond donors (Lipinski definition) is 4. The summed E-state index contributed by atoms with van der Waals surface area (Å²) in [4.78, 5) is 14.1. The Balaban J connectivity index is 1.24. The summed E-state index contributed by atoms with van der Waals surface area (Å²) in [6, 6.07) is 40.4. The van der Waals surface area contributed by atoms with Crippen LogP contribution in [-0.4, -0.2) is 61.0 Å². The van der Waals surface area contributed by atoms with E-state index in [0.29, 0.717) is 70.5 Å². The molecule has 0 unspecified atom stereocenters. The van der Waals surface area contributed by atoms with Crippen molar-refractivity contribution in [2.45, 2.75) is 31.7 Å². The molecule has 0 amide bonds. The molecule has 5 N–H and O–H groups in total. The second-order valence-electron chi connectivity index (χ2n) is 11.4. The molecule has 5 rings (SSSR count). The number of nitrogens with zero attached hydrogens (tertiary/aromatic N) is 3. The first kappa shape index (κ1) is 34.5. The maximum atomic E-state index is 5.68. The number of nitrogens with two attached hydrogens (primary N) is 1. The molecule has 0 aliphatic carbocycles. The third-order valence-corrected chi connectivity index (χ3v) is 8.00. The smallest absolute Gasteiger partial charge is 0.229 e. The number of nitrogens with one attached hydrogen (secondary N) is 3. The highest BCUT2D eigenvalue weighted by molar-refractivity contribution is 5.43. The van der Waals surface area contributed by atoms with Crippen LogP contribution in [0, 0.1) is 0 Å². The summed E-state index contributed by atoms with van der Waals surface area (Å²) in [5.41, 5.74) is 11.9. The molecule has 250 valence electrons. The molecule has 0 saturated heterocycles. The molecule has 9 heteroatoms. The van der Waals surface area contributed by atoms with Gasteiger partial charge in [-0.15, -0.1) is 0 Å². The Kier molecular flexibility index (Phi) is 14.2. The second kappa shape index (κ2) is 19.7. The maximum absolute atomic E-state index is 5.68. The minimum absolute atomic E-state index is 0.246. The number of rotatable bonds is 21. The van der Waals surface area contributed by atoms with E-state index in [1.165, 1.54) is 27.8 Å². The minimum Gasteiger partial charge on any atom is -0.378 e. The molecule has 0 aliphatic heterocycles. The molecule has 0 aliphatic rings. The second-order valence-corrected chi connectivity index (χ2v) is 11.4. The zero-order valence-electron chi connectivity index (χ0n) is 27.6. The Morgan fingerprint density at radius 2 is 1.04 bits per heavy atom. The van der Waals surface area contributed by atoms with Crippen molar-refractivity contribution >= 4 is 17.8 Å². The monoisotopic (exact) mass is 645 g/mol. The van der Waals surface area contributed by atoms with Gasteiger partial charge in [-0.2, -0.15) is 15.0 Å². The predicted octanol–water partition coefficient (Wildman–Crippen LogP) is 6.31. The van der Waals surface area contributed by atoms with Gasteiger partial charge < -0.3 is 31.2 Å². The van der Waals surface area contributed by atoms with E-state index in [2.05, 4.69) is 136 Å². The van der Waals surface area contributed by atoms with Gasteiger partial charge in [0.1, 0.15) is 0 Å². The molecule has 48 heavy (non-hydrogen) atoms. The van der Waals surface area contributed by atoms with Crippen LogP contribution in [0.15, 0.2) is 115 Å². The summed E-state index contributed by atoms with van der Waals surface area (Å²) in [5, 5.41) is 10.2. The first-order valence-corrected chi connectivity index (χ1v) is 16.8. The van der Waals surface area contributed by atoms with Crippen LogP contribution in [0.1, 0.15) is 40.2 Å². The summed E-state index contributed by atoms with van der Waals surface area (Å²) < 4.78 is 11.1. The van der Waals surface area contributed by atoms with Crippen LogP contribution in [0.3, 0.4) is 0 Å². The molecule has 0 spiro atoms. The zero-order chi connectivity index (χ0) is 33.1. The molecular weight excluding hydrogens is 598 g/mol. The molecule has 1 aromatic heterocycles. The Labute approximate surface area is 284 Å². The molecule has 0 bridgehead atoms. The van der Waals surface area contributed by atoms with Gasteiger partial charge in [0.05, 0.1) is 26.4 Å². The van der Waals surface area contributed by atoms with Gasteiger partial charge in [0.15, 0.2) is 0 Å². The van der Waals surface area contributed by atoms with Crippen LogP contribution in [0.5, 0.6) is 0 Å². The van der Waals surface area contributed by atoms with Gasteiger partial charge in [-0.3, -0.25) is 0 Å². The van der Waals surface area contributed by atoms with Crippen molar-refractivity contribution in [1.82, 2.24) is 15.0 Å². The summed E-state index contributed by atoms with van der Waals surface area (Å²) in [6.45, 7) is 4.39. The highest BCUT2D eigenvalue weighted by Crippen LogP contribution is 2.28. The fourth-order valence-electron chi connectivity index (χ4n) is 5.55. The molecular formula is C39H47N7O2. The van der Waals surface area contributed by atoms with Gasteiger partial charge in [0, 0.05) is 32.1 Å². The number of benzene rings is 4. The lowest BCUT2D eigenvalue weighted by atomic mass is 9.88. The number of aromatic nitrogens is 3. The quantitative estimate of drug-likeness (QED) is 0.0681. The first-order valence-electron chi connectivity index (χ1n) is 16.8. The van der Waals surface area contributed by atoms with Gasteiger partial charge in [-0.25, -0.2) is 0 Å². The summed E-state index contributed by atoms with van der Waals surface area (Å²) in [6.07, 6.45) is 2.82. The number of hydrogen-bond acceptors (Lipinski definition) is 9. The van der Waals surface area contributed by atoms with E-state index >= 15 is 0 Å². The Bertz CT molecular complexity index is 1570. The van der Waals surface area contributed by atoms with E-state index in [-0.39, 0.29) is 5.92 Å². The van der Waals surface area contributed by atoms with Crippen LogP contribution in [-0.2, 0) is 28.9 Å². The van der Waals surface area contributed by atoms with Gasteiger partial charge in [-0.1, -0.05) is 115 Å². The van der Waals surface area contributed by atoms with Crippen LogP contribution in [0.25, 0.3) is 0 Å². The SMILES string of the molecule is NCCOCCOCCNc1nc(NCCC(c2ccccc2)c2ccccc2)nc(NCc2ccccc2CCc2ccccc2)n1. The van der Waals surface area contributed by atoms with Crippen molar-refractivity contribution in [3.63, 3.8) is 0 Å². The summed E-state index contributed by atoms with van der Waals surface area (Å²) in [5.74, 6) is 1.75. The molecule has 0 atom stereocenters. The average molecular weight is 646 g/mol. The standard InChI is InChI=1S/C39H47N7O2/c40-23-26-47-28-29-48-27-25-42-38-44-37(41-24-22-36(33-15-6-2-7-16-33)34-17-8-3-9-18-34)45-39(46-38)43-30-35-19-11-10-14-32(35)21-20-31-12-4-1-5-13-31/h1-19,36H,20-30,40H2,(H3,41,42,43,44,45,46).